The Morgan fingerprint density at radius 1 is 1.23 bits per heavy atom. The predicted octanol–water partition coefficient (Wildman–Crippen LogP) is 2.91. The van der Waals surface area contributed by atoms with E-state index in [1.807, 2.05) is 4.90 Å². The molecule has 4 nitrogen and oxygen atoms in total. The Morgan fingerprint density at radius 2 is 1.86 bits per heavy atom. The van der Waals surface area contributed by atoms with Crippen molar-refractivity contribution in [2.24, 2.45) is 0 Å². The second-order valence-electron chi connectivity index (χ2n) is 5.79. The Hall–Kier alpha value is -1.14. The standard InChI is InChI=1S/C16H22BrFN2O2/c1-11(2)19-6-8-20(9-7-19)16(21)12(3)22-15-5-4-13(18)10-14(15)17/h4-5,10-12H,6-9H2,1-3H3/t12-/m1/s1. The van der Waals surface area contributed by atoms with E-state index < -0.39 is 6.10 Å². The van der Waals surface area contributed by atoms with Crippen molar-refractivity contribution in [3.05, 3.63) is 28.5 Å². The van der Waals surface area contributed by atoms with Crippen LogP contribution in [0.1, 0.15) is 20.8 Å². The third-order valence-corrected chi connectivity index (χ3v) is 4.52. The van der Waals surface area contributed by atoms with E-state index in [2.05, 4.69) is 34.7 Å². The van der Waals surface area contributed by atoms with Crippen LogP contribution >= 0.6 is 15.9 Å². The number of piperazine rings is 1. The molecule has 1 aromatic rings. The number of ether oxygens (including phenoxy) is 1. The first-order valence-electron chi connectivity index (χ1n) is 7.53. The van der Waals surface area contributed by atoms with Crippen LogP contribution in [0.25, 0.3) is 0 Å². The molecule has 0 bridgehead atoms. The van der Waals surface area contributed by atoms with Crippen LogP contribution in [0, 0.1) is 5.82 Å². The maximum atomic E-state index is 13.1. The zero-order chi connectivity index (χ0) is 16.3. The van der Waals surface area contributed by atoms with E-state index in [-0.39, 0.29) is 11.7 Å². The van der Waals surface area contributed by atoms with Gasteiger partial charge in [-0.05, 0) is 54.9 Å². The van der Waals surface area contributed by atoms with Crippen LogP contribution in [0.2, 0.25) is 0 Å². The number of amides is 1. The summed E-state index contributed by atoms with van der Waals surface area (Å²) >= 11 is 3.25. The van der Waals surface area contributed by atoms with Gasteiger partial charge in [-0.15, -0.1) is 0 Å². The van der Waals surface area contributed by atoms with Crippen LogP contribution in [0.4, 0.5) is 4.39 Å². The highest BCUT2D eigenvalue weighted by Crippen LogP contribution is 2.26. The molecule has 1 atom stereocenters. The van der Waals surface area contributed by atoms with Crippen LogP contribution in [-0.4, -0.2) is 54.0 Å². The highest BCUT2D eigenvalue weighted by Gasteiger charge is 2.27. The Labute approximate surface area is 139 Å². The van der Waals surface area contributed by atoms with Gasteiger partial charge >= 0.3 is 0 Å². The number of nitrogens with zero attached hydrogens (tertiary/aromatic N) is 2. The normalized spacial score (nSPS) is 17.6. The molecule has 1 saturated heterocycles. The summed E-state index contributed by atoms with van der Waals surface area (Å²) in [5.41, 5.74) is 0. The van der Waals surface area contributed by atoms with Gasteiger partial charge in [0.25, 0.3) is 5.91 Å². The number of carbonyl (C=O) groups excluding carboxylic acids is 1. The molecule has 1 fully saturated rings. The molecule has 122 valence electrons. The SMILES string of the molecule is CC(C)N1CCN(C(=O)[C@@H](C)Oc2ccc(F)cc2Br)CC1. The molecule has 0 N–H and O–H groups in total. The van der Waals surface area contributed by atoms with Crippen LogP contribution in [0.5, 0.6) is 5.75 Å². The molecule has 0 aromatic heterocycles. The summed E-state index contributed by atoms with van der Waals surface area (Å²) in [4.78, 5) is 16.6. The van der Waals surface area contributed by atoms with Crippen molar-refractivity contribution < 1.29 is 13.9 Å². The van der Waals surface area contributed by atoms with Gasteiger partial charge in [0.15, 0.2) is 6.10 Å². The molecule has 0 unspecified atom stereocenters. The average molecular weight is 373 g/mol. The summed E-state index contributed by atoms with van der Waals surface area (Å²) in [7, 11) is 0. The minimum absolute atomic E-state index is 0.0281. The van der Waals surface area contributed by atoms with Gasteiger partial charge in [-0.25, -0.2) is 4.39 Å². The van der Waals surface area contributed by atoms with Crippen molar-refractivity contribution in [3.63, 3.8) is 0 Å². The molecule has 0 spiro atoms. The zero-order valence-corrected chi connectivity index (χ0v) is 14.8. The molecule has 1 aliphatic rings. The smallest absolute Gasteiger partial charge is 0.263 e. The molecule has 1 amide bonds. The molecule has 1 heterocycles. The lowest BCUT2D eigenvalue weighted by atomic mass is 10.2. The summed E-state index contributed by atoms with van der Waals surface area (Å²) in [6.45, 7) is 9.26. The predicted molar refractivity (Wildman–Crippen MR) is 87.5 cm³/mol. The largest absolute Gasteiger partial charge is 0.480 e. The number of benzene rings is 1. The van der Waals surface area contributed by atoms with Crippen molar-refractivity contribution in [2.75, 3.05) is 26.2 Å². The van der Waals surface area contributed by atoms with E-state index in [1.165, 1.54) is 18.2 Å². The number of rotatable bonds is 4. The van der Waals surface area contributed by atoms with E-state index in [1.54, 1.807) is 6.92 Å². The number of carbonyl (C=O) groups is 1. The van der Waals surface area contributed by atoms with Crippen LogP contribution in [0.3, 0.4) is 0 Å². The molecular formula is C16H22BrFN2O2. The maximum Gasteiger partial charge on any atom is 0.263 e. The first-order chi connectivity index (χ1) is 10.4. The van der Waals surface area contributed by atoms with Crippen LogP contribution in [-0.2, 0) is 4.79 Å². The summed E-state index contributed by atoms with van der Waals surface area (Å²) in [5.74, 6) is 0.103. The quantitative estimate of drug-likeness (QED) is 0.814. The monoisotopic (exact) mass is 372 g/mol. The Balaban J connectivity index is 1.92. The van der Waals surface area contributed by atoms with Gasteiger partial charge in [-0.1, -0.05) is 0 Å². The second kappa shape index (κ2) is 7.42. The Kier molecular flexibility index (Phi) is 5.81. The first-order valence-corrected chi connectivity index (χ1v) is 8.32. The fourth-order valence-electron chi connectivity index (χ4n) is 2.53. The summed E-state index contributed by atoms with van der Waals surface area (Å²) in [6, 6.07) is 4.67. The van der Waals surface area contributed by atoms with Crippen molar-refractivity contribution in [3.8, 4) is 5.75 Å². The number of halogens is 2. The third kappa shape index (κ3) is 4.20. The van der Waals surface area contributed by atoms with Gasteiger partial charge in [0.05, 0.1) is 4.47 Å². The van der Waals surface area contributed by atoms with E-state index in [4.69, 9.17) is 4.74 Å². The van der Waals surface area contributed by atoms with Gasteiger partial charge in [-0.3, -0.25) is 9.69 Å². The van der Waals surface area contributed by atoms with E-state index in [0.29, 0.717) is 16.3 Å². The molecule has 1 aromatic carbocycles. The summed E-state index contributed by atoms with van der Waals surface area (Å²) in [5, 5.41) is 0. The minimum atomic E-state index is -0.590. The van der Waals surface area contributed by atoms with Gasteiger partial charge in [0.1, 0.15) is 11.6 Å². The third-order valence-electron chi connectivity index (χ3n) is 3.90. The lowest BCUT2D eigenvalue weighted by Gasteiger charge is -2.37. The first kappa shape index (κ1) is 17.2. The van der Waals surface area contributed by atoms with Gasteiger partial charge in [0, 0.05) is 32.2 Å². The van der Waals surface area contributed by atoms with E-state index in [9.17, 15) is 9.18 Å². The summed E-state index contributed by atoms with van der Waals surface area (Å²) < 4.78 is 19.3. The molecule has 2 rings (SSSR count). The van der Waals surface area contributed by atoms with E-state index in [0.717, 1.165) is 26.2 Å². The molecule has 0 radical (unpaired) electrons. The number of hydrogen-bond acceptors (Lipinski definition) is 3. The molecule has 22 heavy (non-hydrogen) atoms. The number of hydrogen-bond donors (Lipinski definition) is 0. The lowest BCUT2D eigenvalue weighted by Crippen LogP contribution is -2.53. The van der Waals surface area contributed by atoms with Gasteiger partial charge < -0.3 is 9.64 Å². The molecule has 6 heteroatoms. The Morgan fingerprint density at radius 3 is 2.41 bits per heavy atom. The average Bonchev–Trinajstić information content (AvgIpc) is 2.49. The minimum Gasteiger partial charge on any atom is -0.480 e. The highest BCUT2D eigenvalue weighted by atomic mass is 79.9. The maximum absolute atomic E-state index is 13.1. The lowest BCUT2D eigenvalue weighted by molar-refractivity contribution is -0.140. The topological polar surface area (TPSA) is 32.8 Å². The van der Waals surface area contributed by atoms with Gasteiger partial charge in [-0.2, -0.15) is 0 Å². The second-order valence-corrected chi connectivity index (χ2v) is 6.64. The van der Waals surface area contributed by atoms with E-state index >= 15 is 0 Å². The molecule has 1 aliphatic heterocycles. The van der Waals surface area contributed by atoms with Crippen LogP contribution in [0.15, 0.2) is 22.7 Å². The molecule has 0 aliphatic carbocycles. The summed E-state index contributed by atoms with van der Waals surface area (Å²) in [6.07, 6.45) is -0.590. The van der Waals surface area contributed by atoms with Crippen molar-refractivity contribution in [1.82, 2.24) is 9.80 Å². The fraction of sp³-hybridized carbons (Fsp3) is 0.562. The van der Waals surface area contributed by atoms with Gasteiger partial charge in [0.2, 0.25) is 0 Å². The van der Waals surface area contributed by atoms with Crippen molar-refractivity contribution >= 4 is 21.8 Å². The molecular weight excluding hydrogens is 351 g/mol. The van der Waals surface area contributed by atoms with Crippen LogP contribution < -0.4 is 4.74 Å². The fourth-order valence-corrected chi connectivity index (χ4v) is 2.97. The van der Waals surface area contributed by atoms with Crippen molar-refractivity contribution in [2.45, 2.75) is 32.9 Å². The molecule has 0 saturated carbocycles. The Bertz CT molecular complexity index is 531. The zero-order valence-electron chi connectivity index (χ0n) is 13.2. The van der Waals surface area contributed by atoms with Crippen molar-refractivity contribution in [1.29, 1.82) is 0 Å². The highest BCUT2D eigenvalue weighted by molar-refractivity contribution is 9.10.